The van der Waals surface area contributed by atoms with E-state index in [-0.39, 0.29) is 5.91 Å². The highest BCUT2D eigenvalue weighted by Gasteiger charge is 2.07. The van der Waals surface area contributed by atoms with Crippen LogP contribution in [0.3, 0.4) is 0 Å². The van der Waals surface area contributed by atoms with Crippen molar-refractivity contribution in [2.45, 2.75) is 25.7 Å². The molecule has 0 unspecified atom stereocenters. The molecule has 0 aliphatic carbocycles. The number of aryl methyl sites for hydroxylation is 1. The first-order chi connectivity index (χ1) is 14.1. The molecular weight excluding hydrogens is 360 g/mol. The Kier molecular flexibility index (Phi) is 7.40. The first kappa shape index (κ1) is 20.6. The summed E-state index contributed by atoms with van der Waals surface area (Å²) in [5.41, 5.74) is 4.52. The third kappa shape index (κ3) is 6.46. The Labute approximate surface area is 173 Å². The number of amides is 1. The summed E-state index contributed by atoms with van der Waals surface area (Å²) in [5.74, 6) is 0.989. The molecule has 1 aromatic heterocycles. The Morgan fingerprint density at radius 1 is 0.931 bits per heavy atom. The molecular formula is C25H28N2O2. The zero-order valence-electron chi connectivity index (χ0n) is 17.2. The summed E-state index contributed by atoms with van der Waals surface area (Å²) in [6.45, 7) is 0.710. The minimum absolute atomic E-state index is 0.106. The molecule has 4 nitrogen and oxygen atoms in total. The van der Waals surface area contributed by atoms with Crippen LogP contribution in [-0.4, -0.2) is 36.5 Å². The van der Waals surface area contributed by atoms with Crippen molar-refractivity contribution in [2.24, 2.45) is 0 Å². The molecule has 3 aromatic rings. The molecule has 0 N–H and O–H groups in total. The third-order valence-electron chi connectivity index (χ3n) is 4.82. The van der Waals surface area contributed by atoms with Crippen molar-refractivity contribution in [1.82, 2.24) is 9.88 Å². The van der Waals surface area contributed by atoms with Gasteiger partial charge in [-0.2, -0.15) is 0 Å². The van der Waals surface area contributed by atoms with Crippen molar-refractivity contribution in [1.29, 1.82) is 0 Å². The number of nitrogens with zero attached hydrogens (tertiary/aromatic N) is 2. The second-order valence-electron chi connectivity index (χ2n) is 7.36. The van der Waals surface area contributed by atoms with E-state index in [4.69, 9.17) is 4.74 Å². The number of aromatic nitrogens is 1. The molecule has 4 heteroatoms. The van der Waals surface area contributed by atoms with Crippen LogP contribution in [0, 0.1) is 0 Å². The average Bonchev–Trinajstić information content (AvgIpc) is 2.75. The lowest BCUT2D eigenvalue weighted by Crippen LogP contribution is -2.23. The molecule has 2 aromatic carbocycles. The zero-order chi connectivity index (χ0) is 20.5. The topological polar surface area (TPSA) is 42.4 Å². The second kappa shape index (κ2) is 10.4. The van der Waals surface area contributed by atoms with E-state index in [1.807, 2.05) is 36.5 Å². The lowest BCUT2D eigenvalue weighted by molar-refractivity contribution is -0.127. The van der Waals surface area contributed by atoms with Crippen molar-refractivity contribution in [3.63, 3.8) is 0 Å². The Morgan fingerprint density at radius 3 is 2.45 bits per heavy atom. The van der Waals surface area contributed by atoms with E-state index in [1.165, 1.54) is 5.56 Å². The third-order valence-corrected chi connectivity index (χ3v) is 4.82. The van der Waals surface area contributed by atoms with Gasteiger partial charge in [-0.1, -0.05) is 42.5 Å². The molecule has 29 heavy (non-hydrogen) atoms. The van der Waals surface area contributed by atoms with Crippen LogP contribution in [0.1, 0.15) is 24.0 Å². The van der Waals surface area contributed by atoms with Gasteiger partial charge in [-0.05, 0) is 59.7 Å². The van der Waals surface area contributed by atoms with Crippen LogP contribution >= 0.6 is 0 Å². The molecule has 0 saturated carbocycles. The summed E-state index contributed by atoms with van der Waals surface area (Å²) in [6, 6.07) is 20.4. The van der Waals surface area contributed by atoms with Gasteiger partial charge in [0.15, 0.2) is 0 Å². The molecule has 3 rings (SSSR count). The van der Waals surface area contributed by atoms with Gasteiger partial charge >= 0.3 is 0 Å². The molecule has 0 aliphatic rings. The lowest BCUT2D eigenvalue weighted by Gasteiger charge is -2.11. The van der Waals surface area contributed by atoms with Crippen LogP contribution in [0.15, 0.2) is 73.1 Å². The minimum Gasteiger partial charge on any atom is -0.494 e. The van der Waals surface area contributed by atoms with Crippen LogP contribution in [0.4, 0.5) is 0 Å². The van der Waals surface area contributed by atoms with Gasteiger partial charge in [0.1, 0.15) is 5.75 Å². The Morgan fingerprint density at radius 2 is 1.72 bits per heavy atom. The molecule has 1 heterocycles. The molecule has 150 valence electrons. The quantitative estimate of drug-likeness (QED) is 0.495. The van der Waals surface area contributed by atoms with Crippen LogP contribution in [0.2, 0.25) is 0 Å². The number of hydrogen-bond donors (Lipinski definition) is 0. The summed E-state index contributed by atoms with van der Waals surface area (Å²) in [6.07, 6.45) is 7.27. The SMILES string of the molecule is CN(C)C(=O)Cc1cccc(-c2ccc(OCCCCc3cccnc3)cc2)c1. The fourth-order valence-corrected chi connectivity index (χ4v) is 3.10. The first-order valence-corrected chi connectivity index (χ1v) is 10.0. The van der Waals surface area contributed by atoms with E-state index < -0.39 is 0 Å². The second-order valence-corrected chi connectivity index (χ2v) is 7.36. The van der Waals surface area contributed by atoms with Crippen molar-refractivity contribution in [3.8, 4) is 16.9 Å². The summed E-state index contributed by atoms with van der Waals surface area (Å²) in [7, 11) is 3.56. The predicted octanol–water partition coefficient (Wildman–Crippen LogP) is 4.78. The number of benzene rings is 2. The number of rotatable bonds is 9. The van der Waals surface area contributed by atoms with Gasteiger partial charge in [-0.15, -0.1) is 0 Å². The number of hydrogen-bond acceptors (Lipinski definition) is 3. The maximum absolute atomic E-state index is 11.9. The molecule has 0 saturated heterocycles. The number of pyridine rings is 1. The lowest BCUT2D eigenvalue weighted by atomic mass is 10.0. The largest absolute Gasteiger partial charge is 0.494 e. The van der Waals surface area contributed by atoms with Gasteiger partial charge in [-0.3, -0.25) is 9.78 Å². The zero-order valence-corrected chi connectivity index (χ0v) is 17.2. The fraction of sp³-hybridized carbons (Fsp3) is 0.280. The van der Waals surface area contributed by atoms with Crippen molar-refractivity contribution < 1.29 is 9.53 Å². The summed E-state index contributed by atoms with van der Waals surface area (Å²) in [5, 5.41) is 0. The molecule has 0 fully saturated rings. The van der Waals surface area contributed by atoms with Crippen molar-refractivity contribution in [2.75, 3.05) is 20.7 Å². The van der Waals surface area contributed by atoms with Gasteiger partial charge in [0.05, 0.1) is 13.0 Å². The van der Waals surface area contributed by atoms with E-state index >= 15 is 0 Å². The highest BCUT2D eigenvalue weighted by Crippen LogP contribution is 2.24. The number of carbonyl (C=O) groups excluding carboxylic acids is 1. The first-order valence-electron chi connectivity index (χ1n) is 10.0. The monoisotopic (exact) mass is 388 g/mol. The van der Waals surface area contributed by atoms with Gasteiger partial charge in [0.25, 0.3) is 0 Å². The number of unbranched alkanes of at least 4 members (excludes halogenated alkanes) is 1. The highest BCUT2D eigenvalue weighted by molar-refractivity contribution is 5.79. The van der Waals surface area contributed by atoms with Gasteiger partial charge in [-0.25, -0.2) is 0 Å². The van der Waals surface area contributed by atoms with Gasteiger partial charge in [0, 0.05) is 26.5 Å². The highest BCUT2D eigenvalue weighted by atomic mass is 16.5. The maximum atomic E-state index is 11.9. The maximum Gasteiger partial charge on any atom is 0.226 e. The summed E-state index contributed by atoms with van der Waals surface area (Å²) in [4.78, 5) is 17.7. The Hall–Kier alpha value is -3.14. The normalized spacial score (nSPS) is 10.6. The molecule has 0 spiro atoms. The average molecular weight is 389 g/mol. The minimum atomic E-state index is 0.106. The molecule has 0 atom stereocenters. The number of ether oxygens (including phenoxy) is 1. The van der Waals surface area contributed by atoms with Crippen LogP contribution in [-0.2, 0) is 17.6 Å². The van der Waals surface area contributed by atoms with Crippen LogP contribution < -0.4 is 4.74 Å². The van der Waals surface area contributed by atoms with Gasteiger partial charge in [0.2, 0.25) is 5.91 Å². The van der Waals surface area contributed by atoms with E-state index in [1.54, 1.807) is 25.2 Å². The molecule has 0 bridgehead atoms. The van der Waals surface area contributed by atoms with Crippen LogP contribution in [0.25, 0.3) is 11.1 Å². The van der Waals surface area contributed by atoms with Crippen molar-refractivity contribution in [3.05, 3.63) is 84.2 Å². The summed E-state index contributed by atoms with van der Waals surface area (Å²) >= 11 is 0. The van der Waals surface area contributed by atoms with E-state index in [2.05, 4.69) is 35.3 Å². The van der Waals surface area contributed by atoms with E-state index in [0.29, 0.717) is 13.0 Å². The van der Waals surface area contributed by atoms with Crippen LogP contribution in [0.5, 0.6) is 5.75 Å². The Bertz CT molecular complexity index is 906. The molecule has 1 amide bonds. The standard InChI is InChI=1S/C25H28N2O2/c1-27(2)25(28)18-21-8-5-10-23(17-21)22-11-13-24(14-12-22)29-16-4-3-7-20-9-6-15-26-19-20/h5-6,8-15,17,19H,3-4,7,16,18H2,1-2H3. The van der Waals surface area contributed by atoms with Crippen molar-refractivity contribution >= 4 is 5.91 Å². The number of carbonyl (C=O) groups is 1. The van der Waals surface area contributed by atoms with Gasteiger partial charge < -0.3 is 9.64 Å². The Balaban J connectivity index is 1.49. The molecule has 0 aliphatic heterocycles. The smallest absolute Gasteiger partial charge is 0.226 e. The van der Waals surface area contributed by atoms with E-state index in [0.717, 1.165) is 41.7 Å². The number of likely N-dealkylation sites (N-methyl/N-ethyl adjacent to an activating group) is 1. The summed E-state index contributed by atoms with van der Waals surface area (Å²) < 4.78 is 5.87. The fourth-order valence-electron chi connectivity index (χ4n) is 3.10. The van der Waals surface area contributed by atoms with E-state index in [9.17, 15) is 4.79 Å². The molecule has 0 radical (unpaired) electrons. The predicted molar refractivity (Wildman–Crippen MR) is 117 cm³/mol.